The average Bonchev–Trinajstić information content (AvgIpc) is 2.57. The van der Waals surface area contributed by atoms with Crippen LogP contribution in [0.25, 0.3) is 10.8 Å². The Bertz CT molecular complexity index is 930. The van der Waals surface area contributed by atoms with Crippen molar-refractivity contribution in [2.45, 2.75) is 13.5 Å². The molecule has 0 saturated carbocycles. The minimum absolute atomic E-state index is 0.169. The second kappa shape index (κ2) is 6.04. The Balaban J connectivity index is 1.93. The summed E-state index contributed by atoms with van der Waals surface area (Å²) in [6.07, 6.45) is 3.38. The lowest BCUT2D eigenvalue weighted by atomic mass is 10.1. The molecule has 3 rings (SSSR count). The van der Waals surface area contributed by atoms with Crippen molar-refractivity contribution in [3.05, 3.63) is 76.0 Å². The number of aromatic nitrogens is 2. The maximum atomic E-state index is 12.5. The van der Waals surface area contributed by atoms with E-state index in [2.05, 4.69) is 10.3 Å². The summed E-state index contributed by atoms with van der Waals surface area (Å²) >= 11 is 0. The van der Waals surface area contributed by atoms with Crippen LogP contribution in [-0.2, 0) is 13.6 Å². The van der Waals surface area contributed by atoms with Crippen molar-refractivity contribution in [1.82, 2.24) is 14.9 Å². The smallest absolute Gasteiger partial charge is 0.268 e. The molecule has 0 bridgehead atoms. The molecule has 2 heterocycles. The van der Waals surface area contributed by atoms with E-state index in [0.29, 0.717) is 17.6 Å². The fourth-order valence-corrected chi connectivity index (χ4v) is 2.51. The van der Waals surface area contributed by atoms with Crippen molar-refractivity contribution in [2.24, 2.45) is 7.05 Å². The van der Waals surface area contributed by atoms with Gasteiger partial charge in [0.25, 0.3) is 11.5 Å². The van der Waals surface area contributed by atoms with Crippen molar-refractivity contribution >= 4 is 16.7 Å². The third-order valence-electron chi connectivity index (χ3n) is 3.81. The predicted octanol–water partition coefficient (Wildman–Crippen LogP) is 2.17. The highest BCUT2D eigenvalue weighted by molar-refractivity contribution is 5.96. The van der Waals surface area contributed by atoms with Crippen molar-refractivity contribution in [2.75, 3.05) is 0 Å². The largest absolute Gasteiger partial charge is 0.347 e. The molecule has 0 fully saturated rings. The Hall–Kier alpha value is -2.95. The van der Waals surface area contributed by atoms with Crippen LogP contribution < -0.4 is 10.9 Å². The van der Waals surface area contributed by atoms with Gasteiger partial charge in [-0.3, -0.25) is 14.6 Å². The summed E-state index contributed by atoms with van der Waals surface area (Å²) in [5.74, 6) is -0.282. The van der Waals surface area contributed by atoms with Gasteiger partial charge >= 0.3 is 0 Å². The van der Waals surface area contributed by atoms with Gasteiger partial charge in [0.05, 0.1) is 0 Å². The van der Waals surface area contributed by atoms with Crippen molar-refractivity contribution in [3.63, 3.8) is 0 Å². The number of hydrogen-bond acceptors (Lipinski definition) is 3. The number of benzene rings is 1. The van der Waals surface area contributed by atoms with Gasteiger partial charge in [-0.1, -0.05) is 23.8 Å². The average molecular weight is 307 g/mol. The maximum Gasteiger partial charge on any atom is 0.268 e. The summed E-state index contributed by atoms with van der Waals surface area (Å²) in [6.45, 7) is 2.31. The molecule has 0 aliphatic heterocycles. The summed E-state index contributed by atoms with van der Waals surface area (Å²) in [5, 5.41) is 4.21. The molecule has 1 N–H and O–H groups in total. The second-order valence-corrected chi connectivity index (χ2v) is 5.53. The number of fused-ring (bicyclic) bond motifs is 1. The Kier molecular flexibility index (Phi) is 3.93. The van der Waals surface area contributed by atoms with E-state index in [9.17, 15) is 9.59 Å². The third kappa shape index (κ3) is 2.99. The highest BCUT2D eigenvalue weighted by Gasteiger charge is 2.13. The van der Waals surface area contributed by atoms with Crippen LogP contribution in [0.2, 0.25) is 0 Å². The van der Waals surface area contributed by atoms with Gasteiger partial charge < -0.3 is 9.88 Å². The van der Waals surface area contributed by atoms with E-state index in [-0.39, 0.29) is 11.5 Å². The van der Waals surface area contributed by atoms with E-state index in [1.54, 1.807) is 25.5 Å². The van der Waals surface area contributed by atoms with Crippen LogP contribution in [-0.4, -0.2) is 15.5 Å². The summed E-state index contributed by atoms with van der Waals surface area (Å²) in [5.41, 5.74) is 2.10. The van der Waals surface area contributed by atoms with Crippen molar-refractivity contribution in [3.8, 4) is 0 Å². The molecular weight excluding hydrogens is 290 g/mol. The lowest BCUT2D eigenvalue weighted by Gasteiger charge is -2.11. The first kappa shape index (κ1) is 15.0. The molecule has 23 heavy (non-hydrogen) atoms. The highest BCUT2D eigenvalue weighted by atomic mass is 16.2. The zero-order valence-corrected chi connectivity index (χ0v) is 13.0. The molecule has 3 aromatic rings. The van der Waals surface area contributed by atoms with E-state index in [1.807, 2.05) is 37.3 Å². The molecule has 0 saturated heterocycles. The van der Waals surface area contributed by atoms with Gasteiger partial charge in [0.2, 0.25) is 0 Å². The molecule has 1 aromatic carbocycles. The molecule has 0 radical (unpaired) electrons. The van der Waals surface area contributed by atoms with Gasteiger partial charge in [-0.15, -0.1) is 0 Å². The van der Waals surface area contributed by atoms with Gasteiger partial charge in [0.1, 0.15) is 5.69 Å². The minimum Gasteiger partial charge on any atom is -0.347 e. The number of aryl methyl sites for hydroxylation is 1. The van der Waals surface area contributed by atoms with E-state index >= 15 is 0 Å². The number of nitrogens with one attached hydrogen (secondary N) is 1. The standard InChI is InChI=1S/C18H17N3O2/c1-12-5-6-14-9-16(21(2)18(23)15(14)8-12)17(22)20-11-13-4-3-7-19-10-13/h3-10H,11H2,1-2H3,(H,20,22). The molecule has 0 unspecified atom stereocenters. The first-order valence-corrected chi connectivity index (χ1v) is 7.34. The Morgan fingerprint density at radius 3 is 2.83 bits per heavy atom. The van der Waals surface area contributed by atoms with Crippen LogP contribution in [0.1, 0.15) is 21.6 Å². The SMILES string of the molecule is Cc1ccc2cc(C(=O)NCc3cccnc3)n(C)c(=O)c2c1. The van der Waals surface area contributed by atoms with Crippen LogP contribution in [0.5, 0.6) is 0 Å². The molecular formula is C18H17N3O2. The van der Waals surface area contributed by atoms with Gasteiger partial charge in [0, 0.05) is 31.4 Å². The molecule has 2 aromatic heterocycles. The topological polar surface area (TPSA) is 64.0 Å². The quantitative estimate of drug-likeness (QED) is 0.806. The molecule has 0 atom stereocenters. The molecule has 5 nitrogen and oxygen atoms in total. The molecule has 1 amide bonds. The zero-order valence-electron chi connectivity index (χ0n) is 13.0. The number of amides is 1. The molecule has 5 heteroatoms. The fraction of sp³-hybridized carbons (Fsp3) is 0.167. The first-order valence-electron chi connectivity index (χ1n) is 7.34. The fourth-order valence-electron chi connectivity index (χ4n) is 2.51. The Morgan fingerprint density at radius 1 is 1.26 bits per heavy atom. The monoisotopic (exact) mass is 307 g/mol. The Morgan fingerprint density at radius 2 is 2.09 bits per heavy atom. The minimum atomic E-state index is -0.282. The number of hydrogen-bond donors (Lipinski definition) is 1. The van der Waals surface area contributed by atoms with E-state index < -0.39 is 0 Å². The van der Waals surface area contributed by atoms with Crippen LogP contribution in [0, 0.1) is 6.92 Å². The number of carbonyl (C=O) groups is 1. The van der Waals surface area contributed by atoms with Crippen LogP contribution in [0.4, 0.5) is 0 Å². The van der Waals surface area contributed by atoms with Crippen LogP contribution in [0.15, 0.2) is 53.6 Å². The van der Waals surface area contributed by atoms with E-state index in [4.69, 9.17) is 0 Å². The number of rotatable bonds is 3. The lowest BCUT2D eigenvalue weighted by molar-refractivity contribution is 0.0941. The third-order valence-corrected chi connectivity index (χ3v) is 3.81. The van der Waals surface area contributed by atoms with Crippen LogP contribution in [0.3, 0.4) is 0 Å². The molecule has 0 spiro atoms. The predicted molar refractivity (Wildman–Crippen MR) is 89.3 cm³/mol. The van der Waals surface area contributed by atoms with E-state index in [0.717, 1.165) is 16.5 Å². The first-order chi connectivity index (χ1) is 11.1. The molecule has 116 valence electrons. The zero-order chi connectivity index (χ0) is 16.4. The molecule has 0 aliphatic rings. The second-order valence-electron chi connectivity index (χ2n) is 5.53. The Labute approximate surface area is 133 Å². The number of pyridine rings is 2. The maximum absolute atomic E-state index is 12.5. The number of carbonyl (C=O) groups excluding carboxylic acids is 1. The van der Waals surface area contributed by atoms with Gasteiger partial charge in [-0.05, 0) is 36.1 Å². The van der Waals surface area contributed by atoms with Crippen molar-refractivity contribution in [1.29, 1.82) is 0 Å². The highest BCUT2D eigenvalue weighted by Crippen LogP contribution is 2.14. The normalized spacial score (nSPS) is 10.7. The summed E-state index contributed by atoms with van der Waals surface area (Å²) in [7, 11) is 1.61. The summed E-state index contributed by atoms with van der Waals surface area (Å²) < 4.78 is 1.39. The summed E-state index contributed by atoms with van der Waals surface area (Å²) in [6, 6.07) is 11.1. The van der Waals surface area contributed by atoms with Crippen LogP contribution >= 0.6 is 0 Å². The van der Waals surface area contributed by atoms with E-state index in [1.165, 1.54) is 4.57 Å². The van der Waals surface area contributed by atoms with Gasteiger partial charge in [-0.2, -0.15) is 0 Å². The lowest BCUT2D eigenvalue weighted by Crippen LogP contribution is -2.30. The molecule has 0 aliphatic carbocycles. The van der Waals surface area contributed by atoms with Gasteiger partial charge in [-0.25, -0.2) is 0 Å². The van der Waals surface area contributed by atoms with Gasteiger partial charge in [0.15, 0.2) is 0 Å². The number of nitrogens with zero attached hydrogens (tertiary/aromatic N) is 2. The van der Waals surface area contributed by atoms with Crippen molar-refractivity contribution < 1.29 is 4.79 Å². The summed E-state index contributed by atoms with van der Waals surface area (Å²) in [4.78, 5) is 28.9.